The van der Waals surface area contributed by atoms with Crippen molar-refractivity contribution < 1.29 is 13.5 Å². The highest BCUT2D eigenvalue weighted by atomic mass is 19.2. The van der Waals surface area contributed by atoms with Crippen LogP contribution in [0.3, 0.4) is 0 Å². The molecule has 0 aromatic heterocycles. The van der Waals surface area contributed by atoms with E-state index in [-0.39, 0.29) is 5.75 Å². The second-order valence-corrected chi connectivity index (χ2v) is 9.55. The van der Waals surface area contributed by atoms with E-state index in [4.69, 9.17) is 4.74 Å². The van der Waals surface area contributed by atoms with Gasteiger partial charge in [0.25, 0.3) is 0 Å². The zero-order valence-electron chi connectivity index (χ0n) is 21.4. The maximum absolute atomic E-state index is 14.5. The molecule has 188 valence electrons. The predicted octanol–water partition coefficient (Wildman–Crippen LogP) is 9.36. The molecule has 0 fully saturated rings. The van der Waals surface area contributed by atoms with Gasteiger partial charge in [-0.05, 0) is 91.3 Å². The van der Waals surface area contributed by atoms with Gasteiger partial charge in [-0.15, -0.1) is 0 Å². The Morgan fingerprint density at radius 1 is 0.833 bits per heavy atom. The molecule has 3 aromatic rings. The largest absolute Gasteiger partial charge is 0.491 e. The van der Waals surface area contributed by atoms with Gasteiger partial charge in [-0.3, -0.25) is 0 Å². The van der Waals surface area contributed by atoms with Crippen LogP contribution in [0, 0.1) is 17.6 Å². The fourth-order valence-electron chi connectivity index (χ4n) is 4.88. The molecule has 1 atom stereocenters. The first-order chi connectivity index (χ1) is 17.6. The first-order valence-electron chi connectivity index (χ1n) is 13.2. The summed E-state index contributed by atoms with van der Waals surface area (Å²) in [5, 5.41) is 0. The lowest BCUT2D eigenvalue weighted by Gasteiger charge is -2.20. The molecule has 0 bridgehead atoms. The standard InChI is InChI=1S/C33H36F2O/c1-3-7-24-10-16-27(17-11-24)28-18-12-25(13-19-28)8-5-6-9-26-14-20-29(21-15-26)30-22-23-31(36-4-2)33(35)32(30)34/h6,9-13,16-20,22-23,26H,3-5,7-8,14-15,21H2,1-2H3. The third kappa shape index (κ3) is 6.51. The lowest BCUT2D eigenvalue weighted by molar-refractivity contribution is 0.314. The van der Waals surface area contributed by atoms with Crippen LogP contribution in [0.2, 0.25) is 0 Å². The third-order valence-electron chi connectivity index (χ3n) is 6.93. The van der Waals surface area contributed by atoms with Crippen molar-refractivity contribution in [3.63, 3.8) is 0 Å². The number of rotatable bonds is 10. The van der Waals surface area contributed by atoms with Gasteiger partial charge in [-0.2, -0.15) is 4.39 Å². The van der Waals surface area contributed by atoms with Crippen LogP contribution < -0.4 is 4.74 Å². The SMILES string of the molecule is CCCc1ccc(-c2ccc(CCC=CC3CC=C(c4ccc(OCC)c(F)c4F)CC3)cc2)cc1. The third-order valence-corrected chi connectivity index (χ3v) is 6.93. The van der Waals surface area contributed by atoms with E-state index in [0.29, 0.717) is 18.1 Å². The van der Waals surface area contributed by atoms with Crippen LogP contribution in [0.15, 0.2) is 78.9 Å². The summed E-state index contributed by atoms with van der Waals surface area (Å²) in [5.41, 5.74) is 6.50. The molecule has 0 amide bonds. The molecule has 3 aromatic carbocycles. The molecule has 0 spiro atoms. The monoisotopic (exact) mass is 486 g/mol. The summed E-state index contributed by atoms with van der Waals surface area (Å²) >= 11 is 0. The van der Waals surface area contributed by atoms with Gasteiger partial charge in [0, 0.05) is 5.56 Å². The molecule has 36 heavy (non-hydrogen) atoms. The maximum atomic E-state index is 14.5. The topological polar surface area (TPSA) is 9.23 Å². The van der Waals surface area contributed by atoms with E-state index in [1.807, 2.05) is 0 Å². The molecule has 3 heteroatoms. The number of allylic oxidation sites excluding steroid dienone is 4. The molecule has 0 N–H and O–H groups in total. The highest BCUT2D eigenvalue weighted by Gasteiger charge is 2.20. The lowest BCUT2D eigenvalue weighted by atomic mass is 9.86. The number of hydrogen-bond donors (Lipinski definition) is 0. The van der Waals surface area contributed by atoms with Crippen molar-refractivity contribution in [2.24, 2.45) is 5.92 Å². The summed E-state index contributed by atoms with van der Waals surface area (Å²) in [4.78, 5) is 0. The predicted molar refractivity (Wildman–Crippen MR) is 146 cm³/mol. The van der Waals surface area contributed by atoms with E-state index in [1.165, 1.54) is 34.7 Å². The Morgan fingerprint density at radius 3 is 2.08 bits per heavy atom. The average molecular weight is 487 g/mol. The lowest BCUT2D eigenvalue weighted by Crippen LogP contribution is -2.05. The fourth-order valence-corrected chi connectivity index (χ4v) is 4.88. The zero-order chi connectivity index (χ0) is 25.3. The minimum absolute atomic E-state index is 0.0216. The summed E-state index contributed by atoms with van der Waals surface area (Å²) in [5.74, 6) is -1.27. The van der Waals surface area contributed by atoms with Crippen LogP contribution in [0.4, 0.5) is 8.78 Å². The highest BCUT2D eigenvalue weighted by Crippen LogP contribution is 2.34. The van der Waals surface area contributed by atoms with Crippen molar-refractivity contribution in [1.82, 2.24) is 0 Å². The summed E-state index contributed by atoms with van der Waals surface area (Å²) < 4.78 is 33.9. The minimum atomic E-state index is -0.893. The molecular formula is C33H36F2O. The Labute approximate surface area is 214 Å². The number of hydrogen-bond acceptors (Lipinski definition) is 1. The number of benzene rings is 3. The number of aryl methyl sites for hydroxylation is 2. The molecule has 1 nitrogen and oxygen atoms in total. The number of ether oxygens (including phenoxy) is 1. The smallest absolute Gasteiger partial charge is 0.201 e. The Bertz CT molecular complexity index is 1190. The summed E-state index contributed by atoms with van der Waals surface area (Å²) in [6.07, 6.45) is 13.5. The molecule has 0 heterocycles. The molecule has 1 aliphatic carbocycles. The molecule has 0 saturated carbocycles. The van der Waals surface area contributed by atoms with E-state index >= 15 is 0 Å². The van der Waals surface area contributed by atoms with E-state index in [2.05, 4.69) is 73.7 Å². The summed E-state index contributed by atoms with van der Waals surface area (Å²) in [7, 11) is 0. The van der Waals surface area contributed by atoms with Crippen LogP contribution in [-0.4, -0.2) is 6.61 Å². The normalized spacial score (nSPS) is 15.8. The Hall–Kier alpha value is -3.20. The van der Waals surface area contributed by atoms with Crippen LogP contribution in [0.5, 0.6) is 5.75 Å². The summed E-state index contributed by atoms with van der Waals surface area (Å²) in [6, 6.07) is 20.9. The molecule has 1 unspecified atom stereocenters. The van der Waals surface area contributed by atoms with Gasteiger partial charge >= 0.3 is 0 Å². The fraction of sp³-hybridized carbons (Fsp3) is 0.333. The van der Waals surface area contributed by atoms with Gasteiger partial charge in [-0.25, -0.2) is 4.39 Å². The first kappa shape index (κ1) is 25.9. The van der Waals surface area contributed by atoms with E-state index < -0.39 is 11.6 Å². The van der Waals surface area contributed by atoms with Crippen molar-refractivity contribution in [3.8, 4) is 16.9 Å². The molecule has 4 rings (SSSR count). The molecule has 0 saturated heterocycles. The Kier molecular flexibility index (Phi) is 9.11. The van der Waals surface area contributed by atoms with E-state index in [0.717, 1.165) is 44.1 Å². The van der Waals surface area contributed by atoms with Crippen LogP contribution in [0.25, 0.3) is 16.7 Å². The molecule has 0 radical (unpaired) electrons. The maximum Gasteiger partial charge on any atom is 0.201 e. The van der Waals surface area contributed by atoms with Gasteiger partial charge in [0.15, 0.2) is 11.6 Å². The quantitative estimate of drug-likeness (QED) is 0.259. The van der Waals surface area contributed by atoms with Crippen LogP contribution in [0.1, 0.15) is 62.6 Å². The minimum Gasteiger partial charge on any atom is -0.491 e. The first-order valence-corrected chi connectivity index (χ1v) is 13.2. The second kappa shape index (κ2) is 12.7. The van der Waals surface area contributed by atoms with Gasteiger partial charge in [-0.1, -0.05) is 80.1 Å². The molecule has 0 aliphatic heterocycles. The highest BCUT2D eigenvalue weighted by molar-refractivity contribution is 5.67. The second-order valence-electron chi connectivity index (χ2n) is 9.55. The van der Waals surface area contributed by atoms with Crippen molar-refractivity contribution >= 4 is 5.57 Å². The Balaban J connectivity index is 1.27. The molecule has 1 aliphatic rings. The van der Waals surface area contributed by atoms with Gasteiger partial charge < -0.3 is 4.74 Å². The van der Waals surface area contributed by atoms with Gasteiger partial charge in [0.2, 0.25) is 5.82 Å². The van der Waals surface area contributed by atoms with Crippen LogP contribution in [-0.2, 0) is 12.8 Å². The Morgan fingerprint density at radius 2 is 1.50 bits per heavy atom. The van der Waals surface area contributed by atoms with Crippen molar-refractivity contribution in [1.29, 1.82) is 0 Å². The van der Waals surface area contributed by atoms with Crippen molar-refractivity contribution in [2.75, 3.05) is 6.61 Å². The van der Waals surface area contributed by atoms with Crippen molar-refractivity contribution in [3.05, 3.63) is 107 Å². The van der Waals surface area contributed by atoms with Crippen molar-refractivity contribution in [2.45, 2.75) is 58.8 Å². The van der Waals surface area contributed by atoms with Gasteiger partial charge in [0.1, 0.15) is 0 Å². The zero-order valence-corrected chi connectivity index (χ0v) is 21.4. The average Bonchev–Trinajstić information content (AvgIpc) is 2.91. The van der Waals surface area contributed by atoms with E-state index in [1.54, 1.807) is 13.0 Å². The summed E-state index contributed by atoms with van der Waals surface area (Å²) in [6.45, 7) is 4.28. The van der Waals surface area contributed by atoms with Crippen LogP contribution >= 0.6 is 0 Å². The molecular weight excluding hydrogens is 450 g/mol. The van der Waals surface area contributed by atoms with Gasteiger partial charge in [0.05, 0.1) is 6.61 Å². The number of halogens is 2. The van der Waals surface area contributed by atoms with E-state index in [9.17, 15) is 8.78 Å².